The van der Waals surface area contributed by atoms with E-state index in [1.165, 1.54) is 0 Å². The van der Waals surface area contributed by atoms with Gasteiger partial charge in [-0.15, -0.1) is 0 Å². The number of nitrogens with zero attached hydrogens (tertiary/aromatic N) is 4. The van der Waals surface area contributed by atoms with Gasteiger partial charge in [0.25, 0.3) is 0 Å². The van der Waals surface area contributed by atoms with Crippen LogP contribution < -0.4 is 0 Å². The molecule has 1 saturated carbocycles. The van der Waals surface area contributed by atoms with E-state index in [0.717, 1.165) is 49.6 Å². The molecule has 5 nitrogen and oxygen atoms in total. The van der Waals surface area contributed by atoms with Crippen molar-refractivity contribution in [1.82, 2.24) is 19.7 Å². The lowest BCUT2D eigenvalue weighted by molar-refractivity contribution is -0.0248. The zero-order valence-electron chi connectivity index (χ0n) is 15.2. The summed E-state index contributed by atoms with van der Waals surface area (Å²) in [7, 11) is 0. The molecule has 0 unspecified atom stereocenters. The lowest BCUT2D eigenvalue weighted by atomic mass is 9.80. The Bertz CT molecular complexity index is 654. The summed E-state index contributed by atoms with van der Waals surface area (Å²) in [6, 6.07) is 3.93. The molecule has 2 aromatic rings. The summed E-state index contributed by atoms with van der Waals surface area (Å²) in [6.07, 6.45) is 7.29. The fraction of sp³-hybridized carbons (Fsp3) is 0.632. The lowest BCUT2D eigenvalue weighted by Gasteiger charge is -2.34. The van der Waals surface area contributed by atoms with E-state index in [1.54, 1.807) is 12.4 Å². The molecule has 0 radical (unpaired) electrons. The van der Waals surface area contributed by atoms with Gasteiger partial charge < -0.3 is 4.74 Å². The summed E-state index contributed by atoms with van der Waals surface area (Å²) < 4.78 is 7.78. The minimum atomic E-state index is 0.172. The second-order valence-corrected chi connectivity index (χ2v) is 7.92. The molecule has 5 heteroatoms. The Morgan fingerprint density at radius 3 is 2.54 bits per heavy atom. The van der Waals surface area contributed by atoms with Gasteiger partial charge in [0.15, 0.2) is 5.82 Å². The average Bonchev–Trinajstić information content (AvgIpc) is 2.87. The number of rotatable bonds is 6. The van der Waals surface area contributed by atoms with Gasteiger partial charge >= 0.3 is 0 Å². The normalized spacial score (nSPS) is 20.8. The summed E-state index contributed by atoms with van der Waals surface area (Å²) in [4.78, 5) is 8.92. The van der Waals surface area contributed by atoms with Gasteiger partial charge in [-0.2, -0.15) is 5.10 Å². The minimum Gasteiger partial charge on any atom is -0.378 e. The molecule has 0 N–H and O–H groups in total. The first-order valence-electron chi connectivity index (χ1n) is 8.90. The third-order valence-electron chi connectivity index (χ3n) is 4.38. The zero-order chi connectivity index (χ0) is 17.2. The number of hydrogen-bond donors (Lipinski definition) is 0. The SMILES string of the molecule is CCOC1CC(Cc2nc(-c3ccncc3)nn2CC(C)(C)C)C1. The Balaban J connectivity index is 1.77. The molecule has 1 aliphatic rings. The summed E-state index contributed by atoms with van der Waals surface area (Å²) in [5, 5.41) is 4.78. The Hall–Kier alpha value is -1.75. The van der Waals surface area contributed by atoms with Crippen LogP contribution in [0.3, 0.4) is 0 Å². The van der Waals surface area contributed by atoms with Gasteiger partial charge in [0.2, 0.25) is 0 Å². The largest absolute Gasteiger partial charge is 0.378 e. The third kappa shape index (κ3) is 4.20. The minimum absolute atomic E-state index is 0.172. The van der Waals surface area contributed by atoms with Crippen LogP contribution in [0, 0.1) is 11.3 Å². The van der Waals surface area contributed by atoms with Crippen LogP contribution in [0.5, 0.6) is 0 Å². The van der Waals surface area contributed by atoms with Crippen molar-refractivity contribution in [2.24, 2.45) is 11.3 Å². The highest BCUT2D eigenvalue weighted by Gasteiger charge is 2.31. The monoisotopic (exact) mass is 328 g/mol. The van der Waals surface area contributed by atoms with Gasteiger partial charge in [0.05, 0.1) is 6.10 Å². The zero-order valence-corrected chi connectivity index (χ0v) is 15.2. The van der Waals surface area contributed by atoms with Crippen LogP contribution in [0.2, 0.25) is 0 Å². The fourth-order valence-electron chi connectivity index (χ4n) is 3.20. The molecular formula is C19H28N4O. The predicted molar refractivity (Wildman–Crippen MR) is 94.6 cm³/mol. The van der Waals surface area contributed by atoms with Gasteiger partial charge in [0.1, 0.15) is 5.82 Å². The van der Waals surface area contributed by atoms with Crippen LogP contribution >= 0.6 is 0 Å². The molecule has 0 aliphatic heterocycles. The van der Waals surface area contributed by atoms with Crippen molar-refractivity contribution >= 4 is 0 Å². The number of ether oxygens (including phenoxy) is 1. The van der Waals surface area contributed by atoms with Gasteiger partial charge in [-0.05, 0) is 43.2 Å². The summed E-state index contributed by atoms with van der Waals surface area (Å²) in [6.45, 7) is 10.5. The van der Waals surface area contributed by atoms with Crippen molar-refractivity contribution in [3.05, 3.63) is 30.4 Å². The van der Waals surface area contributed by atoms with E-state index in [2.05, 4.69) is 37.4 Å². The van der Waals surface area contributed by atoms with E-state index in [0.29, 0.717) is 12.0 Å². The Labute approximate surface area is 144 Å². The standard InChI is InChI=1S/C19H28N4O/c1-5-24-16-10-14(11-16)12-17-21-18(15-6-8-20-9-7-15)22-23(17)13-19(2,3)4/h6-9,14,16H,5,10-13H2,1-4H3. The first-order valence-corrected chi connectivity index (χ1v) is 8.90. The lowest BCUT2D eigenvalue weighted by Crippen LogP contribution is -2.33. The maximum Gasteiger partial charge on any atom is 0.181 e. The average molecular weight is 328 g/mol. The smallest absolute Gasteiger partial charge is 0.181 e. The van der Waals surface area contributed by atoms with Crippen molar-refractivity contribution in [2.75, 3.05) is 6.61 Å². The highest BCUT2D eigenvalue weighted by Crippen LogP contribution is 2.33. The van der Waals surface area contributed by atoms with Crippen molar-refractivity contribution in [3.63, 3.8) is 0 Å². The van der Waals surface area contributed by atoms with Gasteiger partial charge in [-0.1, -0.05) is 20.8 Å². The summed E-state index contributed by atoms with van der Waals surface area (Å²) >= 11 is 0. The molecule has 0 spiro atoms. The Morgan fingerprint density at radius 2 is 1.92 bits per heavy atom. The molecule has 1 aliphatic carbocycles. The van der Waals surface area contributed by atoms with Gasteiger partial charge in [-0.3, -0.25) is 4.98 Å². The molecule has 0 aromatic carbocycles. The maximum absolute atomic E-state index is 5.68. The molecule has 0 atom stereocenters. The van der Waals surface area contributed by atoms with Crippen molar-refractivity contribution in [2.45, 2.75) is 59.6 Å². The number of aromatic nitrogens is 4. The number of pyridine rings is 1. The van der Waals surface area contributed by atoms with Crippen molar-refractivity contribution < 1.29 is 4.74 Å². The quantitative estimate of drug-likeness (QED) is 0.810. The molecule has 0 bridgehead atoms. The molecule has 1 fully saturated rings. The van der Waals surface area contributed by atoms with Crippen molar-refractivity contribution in [3.8, 4) is 11.4 Å². The maximum atomic E-state index is 5.68. The highest BCUT2D eigenvalue weighted by atomic mass is 16.5. The molecule has 0 amide bonds. The molecule has 2 aromatic heterocycles. The van der Waals surface area contributed by atoms with Crippen LogP contribution in [0.1, 0.15) is 46.4 Å². The van der Waals surface area contributed by atoms with E-state index in [9.17, 15) is 0 Å². The van der Waals surface area contributed by atoms with Crippen LogP contribution in [-0.2, 0) is 17.7 Å². The van der Waals surface area contributed by atoms with Crippen LogP contribution in [0.25, 0.3) is 11.4 Å². The van der Waals surface area contributed by atoms with Gasteiger partial charge in [0, 0.05) is 37.5 Å². The molecule has 130 valence electrons. The molecule has 0 saturated heterocycles. The third-order valence-corrected chi connectivity index (χ3v) is 4.38. The van der Waals surface area contributed by atoms with Gasteiger partial charge in [-0.25, -0.2) is 9.67 Å². The van der Waals surface area contributed by atoms with E-state index < -0.39 is 0 Å². The first-order chi connectivity index (χ1) is 11.4. The van der Waals surface area contributed by atoms with Crippen LogP contribution in [0.4, 0.5) is 0 Å². The van der Waals surface area contributed by atoms with Crippen LogP contribution in [-0.4, -0.2) is 32.5 Å². The Morgan fingerprint density at radius 1 is 1.21 bits per heavy atom. The summed E-state index contributed by atoms with van der Waals surface area (Å²) in [5.74, 6) is 2.56. The Kier molecular flexibility index (Phi) is 4.99. The number of hydrogen-bond acceptors (Lipinski definition) is 4. The molecule has 2 heterocycles. The van der Waals surface area contributed by atoms with Crippen LogP contribution in [0.15, 0.2) is 24.5 Å². The van der Waals surface area contributed by atoms with Crippen molar-refractivity contribution in [1.29, 1.82) is 0 Å². The predicted octanol–water partition coefficient (Wildman–Crippen LogP) is 3.74. The first kappa shape index (κ1) is 17.1. The second-order valence-electron chi connectivity index (χ2n) is 7.92. The molecular weight excluding hydrogens is 300 g/mol. The van der Waals surface area contributed by atoms with E-state index in [1.807, 2.05) is 12.1 Å². The van der Waals surface area contributed by atoms with E-state index >= 15 is 0 Å². The molecule has 3 rings (SSSR count). The summed E-state index contributed by atoms with van der Waals surface area (Å²) in [5.41, 5.74) is 1.20. The highest BCUT2D eigenvalue weighted by molar-refractivity contribution is 5.53. The van der Waals surface area contributed by atoms with E-state index in [-0.39, 0.29) is 5.41 Å². The van der Waals surface area contributed by atoms with E-state index in [4.69, 9.17) is 14.8 Å². The molecule has 24 heavy (non-hydrogen) atoms. The topological polar surface area (TPSA) is 52.8 Å². The second kappa shape index (κ2) is 7.01. The fourth-order valence-corrected chi connectivity index (χ4v) is 3.20.